The molecule has 0 aromatic heterocycles. The zero-order valence-electron chi connectivity index (χ0n) is 9.54. The first-order chi connectivity index (χ1) is 8.20. The van der Waals surface area contributed by atoms with Crippen LogP contribution in [0.25, 0.3) is 0 Å². The van der Waals surface area contributed by atoms with Crippen molar-refractivity contribution in [1.29, 1.82) is 0 Å². The number of carbonyl (C=O) groups is 2. The van der Waals surface area contributed by atoms with Crippen molar-refractivity contribution < 1.29 is 19.4 Å². The fourth-order valence-corrected chi connectivity index (χ4v) is 0.958. The molecule has 0 aliphatic heterocycles. The van der Waals surface area contributed by atoms with E-state index in [1.54, 1.807) is 0 Å². The summed E-state index contributed by atoms with van der Waals surface area (Å²) in [6.45, 7) is 1.28. The topological polar surface area (TPSA) is 89.6 Å². The number of hydrogen-bond donors (Lipinski definition) is 2. The van der Waals surface area contributed by atoms with Crippen molar-refractivity contribution in [3.05, 3.63) is 35.9 Å². The molecule has 5 nitrogen and oxygen atoms in total. The van der Waals surface area contributed by atoms with Crippen molar-refractivity contribution >= 4 is 12.4 Å². The first kappa shape index (κ1) is 15.1. The van der Waals surface area contributed by atoms with Crippen molar-refractivity contribution in [1.82, 2.24) is 0 Å². The van der Waals surface area contributed by atoms with Gasteiger partial charge in [0.15, 0.2) is 0 Å². The van der Waals surface area contributed by atoms with Gasteiger partial charge in [-0.25, -0.2) is 0 Å². The van der Waals surface area contributed by atoms with Crippen LogP contribution in [0.1, 0.15) is 18.4 Å². The molecule has 1 aromatic carbocycles. The summed E-state index contributed by atoms with van der Waals surface area (Å²) in [5, 5.41) is 7.99. The van der Waals surface area contributed by atoms with Crippen molar-refractivity contribution in [2.24, 2.45) is 5.73 Å². The summed E-state index contributed by atoms with van der Waals surface area (Å²) >= 11 is 0. The van der Waals surface area contributed by atoms with Gasteiger partial charge >= 0.3 is 5.97 Å². The third-order valence-corrected chi connectivity index (χ3v) is 1.76. The van der Waals surface area contributed by atoms with Crippen LogP contribution >= 0.6 is 0 Å². The molecule has 3 N–H and O–H groups in total. The highest BCUT2D eigenvalue weighted by molar-refractivity contribution is 5.66. The van der Waals surface area contributed by atoms with Crippen LogP contribution in [0.4, 0.5) is 0 Å². The molecule has 0 bridgehead atoms. The predicted octanol–water partition coefficient (Wildman–Crippen LogP) is 1.17. The maximum absolute atomic E-state index is 9.76. The van der Waals surface area contributed by atoms with Crippen LogP contribution in [-0.4, -0.2) is 24.1 Å². The van der Waals surface area contributed by atoms with Gasteiger partial charge in [0, 0.05) is 6.42 Å². The minimum atomic E-state index is -0.773. The second kappa shape index (κ2) is 10.6. The second-order valence-electron chi connectivity index (χ2n) is 3.18. The summed E-state index contributed by atoms with van der Waals surface area (Å²) < 4.78 is 4.54. The fourth-order valence-electron chi connectivity index (χ4n) is 0.958. The molecule has 94 valence electrons. The van der Waals surface area contributed by atoms with E-state index in [9.17, 15) is 9.59 Å². The molecular weight excluding hydrogens is 222 g/mol. The van der Waals surface area contributed by atoms with Gasteiger partial charge in [-0.05, 0) is 18.5 Å². The Labute approximate surface area is 100 Å². The highest BCUT2D eigenvalue weighted by atomic mass is 16.5. The maximum Gasteiger partial charge on any atom is 0.303 e. The largest absolute Gasteiger partial charge is 0.481 e. The van der Waals surface area contributed by atoms with Gasteiger partial charge in [0.2, 0.25) is 0 Å². The van der Waals surface area contributed by atoms with Crippen molar-refractivity contribution in [2.75, 3.05) is 6.54 Å². The Bertz CT molecular complexity index is 314. The van der Waals surface area contributed by atoms with E-state index in [2.05, 4.69) is 4.74 Å². The van der Waals surface area contributed by atoms with Crippen molar-refractivity contribution in [3.8, 4) is 0 Å². The molecular formula is C12H17NO4. The molecule has 0 aliphatic rings. The Morgan fingerprint density at radius 2 is 2.00 bits per heavy atom. The SMILES string of the molecule is NCCCC(=O)O.O=COCc1ccccc1. The molecule has 5 heteroatoms. The zero-order valence-corrected chi connectivity index (χ0v) is 9.54. The molecule has 0 aliphatic carbocycles. The van der Waals surface area contributed by atoms with Gasteiger partial charge < -0.3 is 15.6 Å². The number of carbonyl (C=O) groups excluding carboxylic acids is 1. The van der Waals surface area contributed by atoms with Gasteiger partial charge in [-0.1, -0.05) is 30.3 Å². The summed E-state index contributed by atoms with van der Waals surface area (Å²) in [7, 11) is 0. The van der Waals surface area contributed by atoms with E-state index in [1.165, 1.54) is 0 Å². The summed E-state index contributed by atoms with van der Waals surface area (Å²) in [5.74, 6) is -0.773. The average molecular weight is 239 g/mol. The van der Waals surface area contributed by atoms with Crippen molar-refractivity contribution in [2.45, 2.75) is 19.4 Å². The Morgan fingerprint density at radius 3 is 2.41 bits per heavy atom. The third kappa shape index (κ3) is 10.4. The van der Waals surface area contributed by atoms with Crippen LogP contribution in [0.3, 0.4) is 0 Å². The quantitative estimate of drug-likeness (QED) is 0.727. The van der Waals surface area contributed by atoms with Gasteiger partial charge in [0.25, 0.3) is 6.47 Å². The van der Waals surface area contributed by atoms with Crippen LogP contribution in [0.5, 0.6) is 0 Å². The second-order valence-corrected chi connectivity index (χ2v) is 3.18. The number of hydrogen-bond acceptors (Lipinski definition) is 4. The minimum absolute atomic E-state index is 0.191. The molecule has 0 saturated heterocycles. The molecule has 0 amide bonds. The zero-order chi connectivity index (χ0) is 12.9. The molecule has 0 unspecified atom stereocenters. The summed E-state index contributed by atoms with van der Waals surface area (Å²) in [5.41, 5.74) is 6.02. The third-order valence-electron chi connectivity index (χ3n) is 1.76. The predicted molar refractivity (Wildman–Crippen MR) is 63.2 cm³/mol. The van der Waals surface area contributed by atoms with E-state index >= 15 is 0 Å². The molecule has 0 spiro atoms. The summed E-state index contributed by atoms with van der Waals surface area (Å²) in [6, 6.07) is 9.55. The Balaban J connectivity index is 0.000000325. The number of carboxylic acids is 1. The Hall–Kier alpha value is -1.88. The van der Waals surface area contributed by atoms with E-state index < -0.39 is 5.97 Å². The van der Waals surface area contributed by atoms with Crippen molar-refractivity contribution in [3.63, 3.8) is 0 Å². The van der Waals surface area contributed by atoms with Gasteiger partial charge in [0.1, 0.15) is 6.61 Å². The van der Waals surface area contributed by atoms with Gasteiger partial charge in [0.05, 0.1) is 0 Å². The lowest BCUT2D eigenvalue weighted by molar-refractivity contribution is -0.137. The lowest BCUT2D eigenvalue weighted by Crippen LogP contribution is -2.02. The standard InChI is InChI=1S/C8H8O2.C4H9NO2/c9-7-10-6-8-4-2-1-3-5-8;5-3-1-2-4(6)7/h1-5,7H,6H2;1-3,5H2,(H,6,7). The Morgan fingerprint density at radius 1 is 1.35 bits per heavy atom. The van der Waals surface area contributed by atoms with E-state index in [1.807, 2.05) is 30.3 Å². The number of aliphatic carboxylic acids is 1. The molecule has 1 aromatic rings. The van der Waals surface area contributed by atoms with Crippen LogP contribution < -0.4 is 5.73 Å². The summed E-state index contributed by atoms with van der Waals surface area (Å²) in [4.78, 5) is 19.5. The highest BCUT2D eigenvalue weighted by Crippen LogP contribution is 1.98. The molecule has 0 heterocycles. The Kier molecular flexibility index (Phi) is 9.46. The van der Waals surface area contributed by atoms with E-state index in [0.717, 1.165) is 5.56 Å². The smallest absolute Gasteiger partial charge is 0.303 e. The number of benzene rings is 1. The number of rotatable bonds is 6. The highest BCUT2D eigenvalue weighted by Gasteiger charge is 1.91. The van der Waals surface area contributed by atoms with Crippen LogP contribution in [-0.2, 0) is 20.9 Å². The van der Waals surface area contributed by atoms with E-state index in [-0.39, 0.29) is 6.42 Å². The maximum atomic E-state index is 9.76. The monoisotopic (exact) mass is 239 g/mol. The van der Waals surface area contributed by atoms with Gasteiger partial charge in [-0.3, -0.25) is 9.59 Å². The molecule has 0 fully saturated rings. The molecule has 0 radical (unpaired) electrons. The molecule has 17 heavy (non-hydrogen) atoms. The van der Waals surface area contributed by atoms with E-state index in [4.69, 9.17) is 10.8 Å². The first-order valence-corrected chi connectivity index (χ1v) is 5.21. The van der Waals surface area contributed by atoms with Gasteiger partial charge in [-0.2, -0.15) is 0 Å². The van der Waals surface area contributed by atoms with Crippen LogP contribution in [0.15, 0.2) is 30.3 Å². The number of nitrogens with two attached hydrogens (primary N) is 1. The normalized spacial score (nSPS) is 8.76. The minimum Gasteiger partial charge on any atom is -0.481 e. The van der Waals surface area contributed by atoms with E-state index in [0.29, 0.717) is 26.0 Å². The lowest BCUT2D eigenvalue weighted by atomic mass is 10.2. The average Bonchev–Trinajstić information content (AvgIpc) is 2.36. The summed E-state index contributed by atoms with van der Waals surface area (Å²) in [6.07, 6.45) is 0.770. The number of carboxylic acid groups (broad SMARTS) is 1. The number of ether oxygens (including phenoxy) is 1. The molecule has 1 rings (SSSR count). The lowest BCUT2D eigenvalue weighted by Gasteiger charge is -1.95. The van der Waals surface area contributed by atoms with Crippen LogP contribution in [0, 0.1) is 0 Å². The van der Waals surface area contributed by atoms with Gasteiger partial charge in [-0.15, -0.1) is 0 Å². The van der Waals surface area contributed by atoms with Crippen LogP contribution in [0.2, 0.25) is 0 Å². The fraction of sp³-hybridized carbons (Fsp3) is 0.333. The molecule has 0 saturated carbocycles. The molecule has 0 atom stereocenters. The first-order valence-electron chi connectivity index (χ1n) is 5.21.